The summed E-state index contributed by atoms with van der Waals surface area (Å²) in [6.45, 7) is 0.243. The molecule has 0 aromatic rings. The molecule has 1 fully saturated rings. The van der Waals surface area contributed by atoms with E-state index in [-0.39, 0.29) is 43.4 Å². The van der Waals surface area contributed by atoms with E-state index in [1.54, 1.807) is 0 Å². The molecule has 0 atom stereocenters. The first-order chi connectivity index (χ1) is 6.90. The molecular weight excluding hydrogens is 222 g/mol. The van der Waals surface area contributed by atoms with E-state index in [0.717, 1.165) is 4.90 Å². The van der Waals surface area contributed by atoms with Crippen LogP contribution in [0.3, 0.4) is 0 Å². The summed E-state index contributed by atoms with van der Waals surface area (Å²) in [7, 11) is -3.94. The van der Waals surface area contributed by atoms with Crippen LogP contribution in [0.2, 0.25) is 0 Å². The summed E-state index contributed by atoms with van der Waals surface area (Å²) in [5.74, 6) is -0.734. The van der Waals surface area contributed by atoms with Crippen LogP contribution in [-0.2, 0) is 19.7 Å². The molecule has 15 heavy (non-hydrogen) atoms. The largest absolute Gasteiger partial charge is 0.286 e. The van der Waals surface area contributed by atoms with Gasteiger partial charge in [-0.1, -0.05) is 0 Å². The number of carbonyl (C=O) groups is 2. The van der Waals surface area contributed by atoms with E-state index in [4.69, 9.17) is 4.55 Å². The fraction of sp³-hybridized carbons (Fsp3) is 0.750. The molecule has 7 heteroatoms. The fourth-order valence-corrected chi connectivity index (χ4v) is 2.00. The van der Waals surface area contributed by atoms with Gasteiger partial charge in [0.25, 0.3) is 10.1 Å². The Hall–Kier alpha value is -0.950. The summed E-state index contributed by atoms with van der Waals surface area (Å²) < 4.78 is 29.2. The second kappa shape index (κ2) is 4.71. The predicted octanol–water partition coefficient (Wildman–Crippen LogP) is -0.197. The number of hydrogen-bond acceptors (Lipinski definition) is 4. The van der Waals surface area contributed by atoms with Crippen molar-refractivity contribution in [2.24, 2.45) is 0 Å². The maximum Gasteiger partial charge on any atom is 0.264 e. The van der Waals surface area contributed by atoms with Crippen LogP contribution in [0, 0.1) is 0 Å². The minimum absolute atomic E-state index is 0.202. The van der Waals surface area contributed by atoms with Gasteiger partial charge in [-0.15, -0.1) is 0 Å². The zero-order valence-electron chi connectivity index (χ0n) is 8.18. The van der Waals surface area contributed by atoms with Gasteiger partial charge in [-0.25, -0.2) is 0 Å². The first-order valence-electron chi connectivity index (χ1n) is 4.68. The molecule has 0 aromatic heterocycles. The van der Waals surface area contributed by atoms with Crippen LogP contribution in [0.25, 0.3) is 0 Å². The van der Waals surface area contributed by atoms with E-state index in [2.05, 4.69) is 0 Å². The summed E-state index contributed by atoms with van der Waals surface area (Å²) in [5, 5.41) is 0. The fourth-order valence-electron chi connectivity index (χ4n) is 1.43. The number of likely N-dealkylation sites (tertiary alicyclic amines) is 1. The minimum Gasteiger partial charge on any atom is -0.286 e. The molecule has 86 valence electrons. The standard InChI is InChI=1S/C8H13NO5S/c10-7-3-4-8(11)9(7)5-1-2-6-15(12,13)14/h1-6H2,(H,12,13,14). The lowest BCUT2D eigenvalue weighted by molar-refractivity contribution is -0.138. The number of hydrogen-bond donors (Lipinski definition) is 1. The number of rotatable bonds is 5. The van der Waals surface area contributed by atoms with E-state index < -0.39 is 10.1 Å². The molecule has 0 bridgehead atoms. The molecule has 6 nitrogen and oxygen atoms in total. The van der Waals surface area contributed by atoms with Crippen LogP contribution in [-0.4, -0.2) is 42.0 Å². The van der Waals surface area contributed by atoms with E-state index in [1.165, 1.54) is 0 Å². The van der Waals surface area contributed by atoms with Crippen LogP contribution in [0.4, 0.5) is 0 Å². The molecule has 0 spiro atoms. The Balaban J connectivity index is 2.26. The molecule has 1 saturated heterocycles. The third-order valence-electron chi connectivity index (χ3n) is 2.19. The zero-order valence-corrected chi connectivity index (χ0v) is 8.99. The quantitative estimate of drug-likeness (QED) is 0.405. The van der Waals surface area contributed by atoms with Crippen molar-refractivity contribution in [1.29, 1.82) is 0 Å². The van der Waals surface area contributed by atoms with Crippen molar-refractivity contribution >= 4 is 21.9 Å². The minimum atomic E-state index is -3.94. The Kier molecular flexibility index (Phi) is 3.81. The van der Waals surface area contributed by atoms with E-state index in [0.29, 0.717) is 6.42 Å². The topological polar surface area (TPSA) is 91.8 Å². The van der Waals surface area contributed by atoms with Gasteiger partial charge in [0.15, 0.2) is 0 Å². The molecule has 0 aliphatic carbocycles. The molecule has 0 aromatic carbocycles. The molecule has 2 amide bonds. The first kappa shape index (κ1) is 12.1. The highest BCUT2D eigenvalue weighted by Gasteiger charge is 2.27. The normalized spacial score (nSPS) is 17.5. The Labute approximate surface area is 88.0 Å². The molecule has 0 unspecified atom stereocenters. The van der Waals surface area contributed by atoms with Crippen molar-refractivity contribution in [3.63, 3.8) is 0 Å². The van der Waals surface area contributed by atoms with Gasteiger partial charge in [0.05, 0.1) is 5.75 Å². The molecule has 1 heterocycles. The number of unbranched alkanes of at least 4 members (excludes halogenated alkanes) is 1. The average molecular weight is 235 g/mol. The highest BCUT2D eigenvalue weighted by molar-refractivity contribution is 7.85. The molecular formula is C8H13NO5S. The lowest BCUT2D eigenvalue weighted by atomic mass is 10.3. The molecule has 1 aliphatic rings. The first-order valence-corrected chi connectivity index (χ1v) is 6.29. The summed E-state index contributed by atoms with van der Waals surface area (Å²) >= 11 is 0. The zero-order chi connectivity index (χ0) is 11.5. The Bertz CT molecular complexity index is 345. The second-order valence-electron chi connectivity index (χ2n) is 3.43. The van der Waals surface area contributed by atoms with Crippen LogP contribution >= 0.6 is 0 Å². The van der Waals surface area contributed by atoms with Crippen molar-refractivity contribution < 1.29 is 22.6 Å². The van der Waals surface area contributed by atoms with Gasteiger partial charge >= 0.3 is 0 Å². The van der Waals surface area contributed by atoms with E-state index in [1.807, 2.05) is 0 Å². The number of amides is 2. The summed E-state index contributed by atoms with van der Waals surface area (Å²) in [4.78, 5) is 23.4. The van der Waals surface area contributed by atoms with Gasteiger partial charge in [-0.05, 0) is 12.8 Å². The Morgan fingerprint density at radius 3 is 2.13 bits per heavy atom. The third kappa shape index (κ3) is 3.96. The maximum absolute atomic E-state index is 11.1. The van der Waals surface area contributed by atoms with E-state index in [9.17, 15) is 18.0 Å². The van der Waals surface area contributed by atoms with Gasteiger partial charge < -0.3 is 0 Å². The SMILES string of the molecule is O=C1CCC(=O)N1CCCCS(=O)(=O)O. The second-order valence-corrected chi connectivity index (χ2v) is 5.00. The lowest BCUT2D eigenvalue weighted by Gasteiger charge is -2.12. The molecule has 1 aliphatic heterocycles. The molecule has 1 rings (SSSR count). The van der Waals surface area contributed by atoms with Gasteiger partial charge in [-0.2, -0.15) is 8.42 Å². The lowest BCUT2D eigenvalue weighted by Crippen LogP contribution is -2.30. The van der Waals surface area contributed by atoms with Gasteiger partial charge in [0.2, 0.25) is 11.8 Å². The van der Waals surface area contributed by atoms with Crippen molar-refractivity contribution in [1.82, 2.24) is 4.90 Å². The van der Waals surface area contributed by atoms with Crippen molar-refractivity contribution in [2.45, 2.75) is 25.7 Å². The highest BCUT2D eigenvalue weighted by atomic mass is 32.2. The third-order valence-corrected chi connectivity index (χ3v) is 2.99. The Morgan fingerprint density at radius 1 is 1.13 bits per heavy atom. The number of nitrogens with zero attached hydrogens (tertiary/aromatic N) is 1. The average Bonchev–Trinajstić information content (AvgIpc) is 2.40. The molecule has 0 saturated carbocycles. The summed E-state index contributed by atoms with van der Waals surface area (Å²) in [5.41, 5.74) is 0. The van der Waals surface area contributed by atoms with Crippen LogP contribution in [0.1, 0.15) is 25.7 Å². The van der Waals surface area contributed by atoms with Crippen LogP contribution in [0.15, 0.2) is 0 Å². The Morgan fingerprint density at radius 2 is 1.67 bits per heavy atom. The smallest absolute Gasteiger partial charge is 0.264 e. The van der Waals surface area contributed by atoms with Crippen molar-refractivity contribution in [3.05, 3.63) is 0 Å². The van der Waals surface area contributed by atoms with E-state index >= 15 is 0 Å². The molecule has 0 radical (unpaired) electrons. The van der Waals surface area contributed by atoms with Crippen molar-refractivity contribution in [3.8, 4) is 0 Å². The van der Waals surface area contributed by atoms with Gasteiger partial charge in [0, 0.05) is 19.4 Å². The van der Waals surface area contributed by atoms with Gasteiger partial charge in [0.1, 0.15) is 0 Å². The summed E-state index contributed by atoms with van der Waals surface area (Å²) in [6.07, 6.45) is 1.14. The van der Waals surface area contributed by atoms with Gasteiger partial charge in [-0.3, -0.25) is 19.0 Å². The molecule has 1 N–H and O–H groups in total. The highest BCUT2D eigenvalue weighted by Crippen LogP contribution is 2.12. The summed E-state index contributed by atoms with van der Waals surface area (Å²) in [6, 6.07) is 0. The number of imide groups is 1. The monoisotopic (exact) mass is 235 g/mol. The van der Waals surface area contributed by atoms with Crippen molar-refractivity contribution in [2.75, 3.05) is 12.3 Å². The van der Waals surface area contributed by atoms with Crippen LogP contribution < -0.4 is 0 Å². The number of carbonyl (C=O) groups excluding carboxylic acids is 2. The maximum atomic E-state index is 11.1. The predicted molar refractivity (Wildman–Crippen MR) is 51.6 cm³/mol. The van der Waals surface area contributed by atoms with Crippen LogP contribution in [0.5, 0.6) is 0 Å².